The van der Waals surface area contributed by atoms with Crippen LogP contribution in [-0.2, 0) is 6.42 Å². The van der Waals surface area contributed by atoms with Crippen molar-refractivity contribution in [2.75, 3.05) is 20.1 Å². The third-order valence-electron chi connectivity index (χ3n) is 4.77. The van der Waals surface area contributed by atoms with Crippen LogP contribution in [-0.4, -0.2) is 36.2 Å². The molecule has 3 nitrogen and oxygen atoms in total. The summed E-state index contributed by atoms with van der Waals surface area (Å²) in [6.45, 7) is 4.70. The molecule has 0 radical (unpaired) electrons. The van der Waals surface area contributed by atoms with Crippen LogP contribution in [0.15, 0.2) is 18.2 Å². The Morgan fingerprint density at radius 2 is 2.16 bits per heavy atom. The molecule has 1 fully saturated rings. The van der Waals surface area contributed by atoms with Crippen molar-refractivity contribution < 1.29 is 5.11 Å². The summed E-state index contributed by atoms with van der Waals surface area (Å²) in [6, 6.07) is 6.97. The number of benzene rings is 1. The molecule has 2 N–H and O–H groups in total. The molecular weight excluding hydrogens is 236 g/mol. The summed E-state index contributed by atoms with van der Waals surface area (Å²) >= 11 is 0. The summed E-state index contributed by atoms with van der Waals surface area (Å²) < 4.78 is 0. The van der Waals surface area contributed by atoms with E-state index in [2.05, 4.69) is 30.3 Å². The van der Waals surface area contributed by atoms with Gasteiger partial charge in [-0.2, -0.15) is 0 Å². The molecule has 0 bridgehead atoms. The summed E-state index contributed by atoms with van der Waals surface area (Å²) in [5, 5.41) is 13.7. The Balaban J connectivity index is 1.71. The molecule has 0 aromatic heterocycles. The molecule has 3 unspecified atom stereocenters. The number of nitrogens with zero attached hydrogens (tertiary/aromatic N) is 1. The highest BCUT2D eigenvalue weighted by Gasteiger charge is 2.30. The number of phenols is 1. The molecule has 3 heteroatoms. The zero-order valence-corrected chi connectivity index (χ0v) is 11.9. The van der Waals surface area contributed by atoms with Crippen LogP contribution in [0.4, 0.5) is 0 Å². The first kappa shape index (κ1) is 12.9. The molecule has 1 heterocycles. The van der Waals surface area contributed by atoms with E-state index in [4.69, 9.17) is 0 Å². The minimum absolute atomic E-state index is 0.429. The van der Waals surface area contributed by atoms with Gasteiger partial charge in [-0.1, -0.05) is 19.1 Å². The normalized spacial score (nSPS) is 31.4. The minimum Gasteiger partial charge on any atom is -0.508 e. The number of aromatic hydroxyl groups is 1. The van der Waals surface area contributed by atoms with Crippen LogP contribution >= 0.6 is 0 Å². The maximum Gasteiger partial charge on any atom is 0.119 e. The van der Waals surface area contributed by atoms with Crippen molar-refractivity contribution in [3.8, 4) is 5.75 Å². The van der Waals surface area contributed by atoms with Crippen LogP contribution in [0.3, 0.4) is 0 Å². The van der Waals surface area contributed by atoms with Crippen LogP contribution in [0.25, 0.3) is 0 Å². The minimum atomic E-state index is 0.429. The van der Waals surface area contributed by atoms with Gasteiger partial charge in [0, 0.05) is 18.6 Å². The molecule has 1 aliphatic carbocycles. The van der Waals surface area contributed by atoms with E-state index in [1.54, 1.807) is 6.07 Å². The second kappa shape index (κ2) is 5.14. The van der Waals surface area contributed by atoms with Gasteiger partial charge in [0.2, 0.25) is 0 Å². The third kappa shape index (κ3) is 2.49. The summed E-state index contributed by atoms with van der Waals surface area (Å²) in [5.41, 5.74) is 2.46. The second-order valence-corrected chi connectivity index (χ2v) is 6.24. The lowest BCUT2D eigenvalue weighted by atomic mass is 9.93. The largest absolute Gasteiger partial charge is 0.508 e. The summed E-state index contributed by atoms with van der Waals surface area (Å²) in [5.74, 6) is 1.17. The summed E-state index contributed by atoms with van der Waals surface area (Å²) in [4.78, 5) is 2.41. The molecule has 1 saturated heterocycles. The van der Waals surface area contributed by atoms with Gasteiger partial charge in [-0.25, -0.2) is 0 Å². The highest BCUT2D eigenvalue weighted by atomic mass is 16.3. The van der Waals surface area contributed by atoms with Crippen molar-refractivity contribution in [1.82, 2.24) is 10.2 Å². The standard InChI is InChI=1S/C16H24N2O/c1-11-10-18(2)9-8-14(11)17-15-7-6-13-12(15)4-3-5-16(13)19/h3-5,11,14-15,17,19H,6-10H2,1-2H3. The van der Waals surface area contributed by atoms with Crippen molar-refractivity contribution in [2.45, 2.75) is 38.3 Å². The zero-order chi connectivity index (χ0) is 13.4. The van der Waals surface area contributed by atoms with Gasteiger partial charge in [0.1, 0.15) is 5.75 Å². The number of piperidine rings is 1. The Morgan fingerprint density at radius 1 is 1.32 bits per heavy atom. The van der Waals surface area contributed by atoms with E-state index >= 15 is 0 Å². The molecule has 0 saturated carbocycles. The number of hydrogen-bond donors (Lipinski definition) is 2. The number of rotatable bonds is 2. The fourth-order valence-corrected chi connectivity index (χ4v) is 3.67. The van der Waals surface area contributed by atoms with Crippen molar-refractivity contribution in [2.24, 2.45) is 5.92 Å². The van der Waals surface area contributed by atoms with Crippen LogP contribution in [0.5, 0.6) is 5.75 Å². The average molecular weight is 260 g/mol. The average Bonchev–Trinajstić information content (AvgIpc) is 2.78. The van der Waals surface area contributed by atoms with Crippen molar-refractivity contribution in [1.29, 1.82) is 0 Å². The van der Waals surface area contributed by atoms with Gasteiger partial charge >= 0.3 is 0 Å². The SMILES string of the molecule is CC1CN(C)CCC1NC1CCc2c(O)cccc21. The topological polar surface area (TPSA) is 35.5 Å². The lowest BCUT2D eigenvalue weighted by Gasteiger charge is -2.37. The highest BCUT2D eigenvalue weighted by molar-refractivity contribution is 5.44. The van der Waals surface area contributed by atoms with Gasteiger partial charge in [0.15, 0.2) is 0 Å². The van der Waals surface area contributed by atoms with Gasteiger partial charge in [-0.15, -0.1) is 0 Å². The Labute approximate surface area is 115 Å². The number of phenolic OH excluding ortho intramolecular Hbond substituents is 1. The molecule has 3 rings (SSSR count). The van der Waals surface area contributed by atoms with Crippen LogP contribution in [0.1, 0.15) is 36.9 Å². The Morgan fingerprint density at radius 3 is 2.95 bits per heavy atom. The van der Waals surface area contributed by atoms with Crippen LogP contribution in [0.2, 0.25) is 0 Å². The van der Waals surface area contributed by atoms with Gasteiger partial charge in [0.25, 0.3) is 0 Å². The summed E-state index contributed by atoms with van der Waals surface area (Å²) in [6.07, 6.45) is 3.34. The fraction of sp³-hybridized carbons (Fsp3) is 0.625. The quantitative estimate of drug-likeness (QED) is 0.856. The predicted octanol–water partition coefficient (Wildman–Crippen LogP) is 2.31. The monoisotopic (exact) mass is 260 g/mol. The molecular formula is C16H24N2O. The Bertz CT molecular complexity index is 460. The van der Waals surface area contributed by atoms with Crippen molar-refractivity contribution in [3.05, 3.63) is 29.3 Å². The first-order valence-corrected chi connectivity index (χ1v) is 7.40. The lowest BCUT2D eigenvalue weighted by molar-refractivity contribution is 0.166. The van der Waals surface area contributed by atoms with E-state index in [-0.39, 0.29) is 0 Å². The van der Waals surface area contributed by atoms with Gasteiger partial charge in [-0.3, -0.25) is 0 Å². The van der Waals surface area contributed by atoms with Gasteiger partial charge in [-0.05, 0) is 56.0 Å². The lowest BCUT2D eigenvalue weighted by Crippen LogP contribution is -2.47. The maximum absolute atomic E-state index is 9.91. The smallest absolute Gasteiger partial charge is 0.119 e. The molecule has 0 amide bonds. The van der Waals surface area contributed by atoms with E-state index in [0.717, 1.165) is 18.4 Å². The number of nitrogens with one attached hydrogen (secondary N) is 1. The molecule has 19 heavy (non-hydrogen) atoms. The Hall–Kier alpha value is -1.06. The van der Waals surface area contributed by atoms with E-state index < -0.39 is 0 Å². The first-order valence-electron chi connectivity index (χ1n) is 7.40. The number of likely N-dealkylation sites (tertiary alicyclic amines) is 1. The molecule has 2 aliphatic rings. The fourth-order valence-electron chi connectivity index (χ4n) is 3.67. The van der Waals surface area contributed by atoms with E-state index in [9.17, 15) is 5.11 Å². The molecule has 0 spiro atoms. The molecule has 3 atom stereocenters. The van der Waals surface area contributed by atoms with E-state index in [1.807, 2.05) is 6.07 Å². The van der Waals surface area contributed by atoms with Gasteiger partial charge < -0.3 is 15.3 Å². The maximum atomic E-state index is 9.91. The third-order valence-corrected chi connectivity index (χ3v) is 4.77. The molecule has 1 aliphatic heterocycles. The van der Waals surface area contributed by atoms with Gasteiger partial charge in [0.05, 0.1) is 0 Å². The predicted molar refractivity (Wildman–Crippen MR) is 77.4 cm³/mol. The molecule has 104 valence electrons. The van der Waals surface area contributed by atoms with E-state index in [0.29, 0.717) is 23.8 Å². The molecule has 1 aromatic carbocycles. The highest BCUT2D eigenvalue weighted by Crippen LogP contribution is 2.37. The van der Waals surface area contributed by atoms with Crippen LogP contribution in [0, 0.1) is 5.92 Å². The number of fused-ring (bicyclic) bond motifs is 1. The van der Waals surface area contributed by atoms with E-state index in [1.165, 1.54) is 25.1 Å². The Kier molecular flexibility index (Phi) is 3.50. The number of hydrogen-bond acceptors (Lipinski definition) is 3. The van der Waals surface area contributed by atoms with Crippen molar-refractivity contribution in [3.63, 3.8) is 0 Å². The van der Waals surface area contributed by atoms with Crippen LogP contribution < -0.4 is 5.32 Å². The zero-order valence-electron chi connectivity index (χ0n) is 11.9. The first-order chi connectivity index (χ1) is 9.15. The van der Waals surface area contributed by atoms with Crippen molar-refractivity contribution >= 4 is 0 Å². The second-order valence-electron chi connectivity index (χ2n) is 6.24. The molecule has 1 aromatic rings. The summed E-state index contributed by atoms with van der Waals surface area (Å²) in [7, 11) is 2.20.